The molecule has 1 saturated heterocycles. The molecule has 0 bridgehead atoms. The first kappa shape index (κ1) is 18.8. The summed E-state index contributed by atoms with van der Waals surface area (Å²) in [5.41, 5.74) is 1.07. The number of fused-ring (bicyclic) bond motifs is 1. The Hall–Kier alpha value is -1.95. The molecule has 1 atom stereocenters. The lowest BCUT2D eigenvalue weighted by molar-refractivity contribution is 0.213. The van der Waals surface area contributed by atoms with Crippen LogP contribution in [0.2, 0.25) is 0 Å². The van der Waals surface area contributed by atoms with E-state index in [4.69, 9.17) is 9.47 Å². The minimum Gasteiger partial charge on any atom is -0.497 e. The van der Waals surface area contributed by atoms with E-state index in [0.29, 0.717) is 13.2 Å². The molecule has 0 spiro atoms. The number of rotatable bonds is 6. The van der Waals surface area contributed by atoms with Gasteiger partial charge >= 0.3 is 6.03 Å². The van der Waals surface area contributed by atoms with Crippen molar-refractivity contribution in [3.05, 3.63) is 23.8 Å². The van der Waals surface area contributed by atoms with Gasteiger partial charge in [-0.3, -0.25) is 0 Å². The molecule has 6 nitrogen and oxygen atoms in total. The average molecular weight is 361 g/mol. The summed E-state index contributed by atoms with van der Waals surface area (Å²) < 4.78 is 11.0. The first-order valence-electron chi connectivity index (χ1n) is 9.81. The normalized spacial score (nSPS) is 20.4. The van der Waals surface area contributed by atoms with E-state index in [1.165, 1.54) is 38.8 Å². The molecule has 1 aromatic carbocycles. The Morgan fingerprint density at radius 3 is 2.85 bits per heavy atom. The molecule has 2 aliphatic heterocycles. The Bertz CT molecular complexity index is 586. The second-order valence-electron chi connectivity index (χ2n) is 7.20. The van der Waals surface area contributed by atoms with Gasteiger partial charge in [-0.15, -0.1) is 0 Å². The number of amides is 2. The number of hydrogen-bond donors (Lipinski definition) is 2. The fourth-order valence-electron chi connectivity index (χ4n) is 3.69. The summed E-state index contributed by atoms with van der Waals surface area (Å²) in [7, 11) is 1.65. The summed E-state index contributed by atoms with van der Waals surface area (Å²) in [5, 5.41) is 5.99. The average Bonchev–Trinajstić information content (AvgIpc) is 2.93. The number of methoxy groups -OCH3 is 1. The minimum atomic E-state index is -0.110. The summed E-state index contributed by atoms with van der Waals surface area (Å²) in [5.74, 6) is 1.69. The van der Waals surface area contributed by atoms with E-state index in [0.717, 1.165) is 36.4 Å². The number of likely N-dealkylation sites (tertiary alicyclic amines) is 1. The molecule has 0 saturated carbocycles. The Morgan fingerprint density at radius 2 is 2.08 bits per heavy atom. The summed E-state index contributed by atoms with van der Waals surface area (Å²) in [6.45, 7) is 4.68. The standard InChI is InChI=1S/C20H31N3O3/c1-25-18-7-8-19-16(14-18)13-17(15-26-19)22-20(24)21-9-6-12-23-10-4-2-3-5-11-23/h7-8,14,17H,2-6,9-13,15H2,1H3,(H2,21,22,24)/t17-/m1/s1. The predicted molar refractivity (Wildman–Crippen MR) is 102 cm³/mol. The first-order valence-corrected chi connectivity index (χ1v) is 9.81. The zero-order chi connectivity index (χ0) is 18.2. The number of urea groups is 1. The zero-order valence-electron chi connectivity index (χ0n) is 15.8. The van der Waals surface area contributed by atoms with Gasteiger partial charge < -0.3 is 25.0 Å². The van der Waals surface area contributed by atoms with Crippen LogP contribution in [0.4, 0.5) is 4.79 Å². The van der Waals surface area contributed by atoms with Crippen LogP contribution < -0.4 is 20.1 Å². The van der Waals surface area contributed by atoms with Gasteiger partial charge in [0.15, 0.2) is 0 Å². The summed E-state index contributed by atoms with van der Waals surface area (Å²) in [4.78, 5) is 14.7. The lowest BCUT2D eigenvalue weighted by atomic mass is 10.0. The fourth-order valence-corrected chi connectivity index (χ4v) is 3.69. The molecule has 0 radical (unpaired) electrons. The number of nitrogens with one attached hydrogen (secondary N) is 2. The molecule has 2 heterocycles. The highest BCUT2D eigenvalue weighted by atomic mass is 16.5. The predicted octanol–water partition coefficient (Wildman–Crippen LogP) is 2.56. The highest BCUT2D eigenvalue weighted by Crippen LogP contribution is 2.28. The van der Waals surface area contributed by atoms with E-state index >= 15 is 0 Å². The molecule has 2 aliphatic rings. The third-order valence-corrected chi connectivity index (χ3v) is 5.14. The number of ether oxygens (including phenoxy) is 2. The van der Waals surface area contributed by atoms with Crippen LogP contribution in [0.3, 0.4) is 0 Å². The van der Waals surface area contributed by atoms with Gasteiger partial charge in [0.2, 0.25) is 0 Å². The first-order chi connectivity index (χ1) is 12.7. The van der Waals surface area contributed by atoms with Gasteiger partial charge in [0.1, 0.15) is 18.1 Å². The molecule has 1 fully saturated rings. The third kappa shape index (κ3) is 5.53. The van der Waals surface area contributed by atoms with Crippen molar-refractivity contribution >= 4 is 6.03 Å². The van der Waals surface area contributed by atoms with Crippen molar-refractivity contribution in [2.45, 2.75) is 44.6 Å². The van der Waals surface area contributed by atoms with E-state index in [9.17, 15) is 4.79 Å². The van der Waals surface area contributed by atoms with Gasteiger partial charge in [-0.25, -0.2) is 4.79 Å². The van der Waals surface area contributed by atoms with Crippen molar-refractivity contribution in [2.24, 2.45) is 0 Å². The van der Waals surface area contributed by atoms with Gasteiger partial charge in [0.25, 0.3) is 0 Å². The number of hydrogen-bond acceptors (Lipinski definition) is 4. The molecule has 2 N–H and O–H groups in total. The van der Waals surface area contributed by atoms with Crippen LogP contribution in [-0.4, -0.2) is 56.9 Å². The highest BCUT2D eigenvalue weighted by molar-refractivity contribution is 5.74. The Labute approximate surface area is 156 Å². The quantitative estimate of drug-likeness (QED) is 0.765. The van der Waals surface area contributed by atoms with Gasteiger partial charge in [-0.05, 0) is 69.1 Å². The topological polar surface area (TPSA) is 62.8 Å². The minimum absolute atomic E-state index is 0.0137. The molecule has 6 heteroatoms. The molecular formula is C20H31N3O3. The second-order valence-corrected chi connectivity index (χ2v) is 7.20. The van der Waals surface area contributed by atoms with E-state index in [2.05, 4.69) is 15.5 Å². The maximum absolute atomic E-state index is 12.1. The second kappa shape index (κ2) is 9.67. The molecule has 1 aromatic rings. The van der Waals surface area contributed by atoms with Crippen molar-refractivity contribution in [3.63, 3.8) is 0 Å². The van der Waals surface area contributed by atoms with Gasteiger partial charge in [-0.2, -0.15) is 0 Å². The maximum Gasteiger partial charge on any atom is 0.315 e. The lowest BCUT2D eigenvalue weighted by Gasteiger charge is -2.26. The van der Waals surface area contributed by atoms with E-state index in [1.807, 2.05) is 18.2 Å². The van der Waals surface area contributed by atoms with Crippen molar-refractivity contribution in [2.75, 3.05) is 39.9 Å². The van der Waals surface area contributed by atoms with Gasteiger partial charge in [-0.1, -0.05) is 12.8 Å². The SMILES string of the molecule is COc1ccc2c(c1)C[C@@H](NC(=O)NCCCN1CCCCCC1)CO2. The third-order valence-electron chi connectivity index (χ3n) is 5.14. The van der Waals surface area contributed by atoms with Crippen molar-refractivity contribution < 1.29 is 14.3 Å². The molecule has 2 amide bonds. The molecule has 144 valence electrons. The van der Waals surface area contributed by atoms with Crippen molar-refractivity contribution in [1.29, 1.82) is 0 Å². The molecule has 0 unspecified atom stereocenters. The smallest absolute Gasteiger partial charge is 0.315 e. The Kier molecular flexibility index (Phi) is 7.00. The van der Waals surface area contributed by atoms with E-state index in [-0.39, 0.29) is 12.1 Å². The monoisotopic (exact) mass is 361 g/mol. The van der Waals surface area contributed by atoms with Crippen LogP contribution in [0.5, 0.6) is 11.5 Å². The number of benzene rings is 1. The van der Waals surface area contributed by atoms with Gasteiger partial charge in [0, 0.05) is 6.54 Å². The summed E-state index contributed by atoms with van der Waals surface area (Å²) in [6, 6.07) is 5.67. The highest BCUT2D eigenvalue weighted by Gasteiger charge is 2.21. The van der Waals surface area contributed by atoms with Crippen LogP contribution in [-0.2, 0) is 6.42 Å². The summed E-state index contributed by atoms with van der Waals surface area (Å²) >= 11 is 0. The van der Waals surface area contributed by atoms with Crippen LogP contribution in [0.15, 0.2) is 18.2 Å². The van der Waals surface area contributed by atoms with Crippen molar-refractivity contribution in [1.82, 2.24) is 15.5 Å². The Morgan fingerprint density at radius 1 is 1.27 bits per heavy atom. The van der Waals surface area contributed by atoms with E-state index < -0.39 is 0 Å². The number of carbonyl (C=O) groups excluding carboxylic acids is 1. The molecule has 0 aromatic heterocycles. The largest absolute Gasteiger partial charge is 0.497 e. The Balaban J connectivity index is 1.35. The van der Waals surface area contributed by atoms with Gasteiger partial charge in [0.05, 0.1) is 13.2 Å². The lowest BCUT2D eigenvalue weighted by Crippen LogP contribution is -2.47. The van der Waals surface area contributed by atoms with Crippen molar-refractivity contribution in [3.8, 4) is 11.5 Å². The van der Waals surface area contributed by atoms with Crippen LogP contribution >= 0.6 is 0 Å². The summed E-state index contributed by atoms with van der Waals surface area (Å²) in [6.07, 6.45) is 7.08. The van der Waals surface area contributed by atoms with E-state index in [1.54, 1.807) is 7.11 Å². The molecule has 3 rings (SSSR count). The zero-order valence-corrected chi connectivity index (χ0v) is 15.8. The molecule has 26 heavy (non-hydrogen) atoms. The van der Waals surface area contributed by atoms with Crippen LogP contribution in [0.1, 0.15) is 37.7 Å². The fraction of sp³-hybridized carbons (Fsp3) is 0.650. The number of nitrogens with zero attached hydrogens (tertiary/aromatic N) is 1. The van der Waals surface area contributed by atoms with Crippen LogP contribution in [0, 0.1) is 0 Å². The van der Waals surface area contributed by atoms with Crippen LogP contribution in [0.25, 0.3) is 0 Å². The number of carbonyl (C=O) groups is 1. The molecular weight excluding hydrogens is 330 g/mol. The maximum atomic E-state index is 12.1. The molecule has 0 aliphatic carbocycles.